The Morgan fingerprint density at radius 1 is 1.16 bits per heavy atom. The zero-order valence-electron chi connectivity index (χ0n) is 10.3. The highest BCUT2D eigenvalue weighted by atomic mass is 79.9. The van der Waals surface area contributed by atoms with E-state index in [0.29, 0.717) is 21.2 Å². The van der Waals surface area contributed by atoms with Gasteiger partial charge in [0.15, 0.2) is 0 Å². The van der Waals surface area contributed by atoms with Crippen LogP contribution in [0.4, 0.5) is 8.78 Å². The van der Waals surface area contributed by atoms with Crippen LogP contribution in [0.3, 0.4) is 0 Å². The lowest BCUT2D eigenvalue weighted by Gasteiger charge is -2.19. The summed E-state index contributed by atoms with van der Waals surface area (Å²) in [5.74, 6) is 4.76. The smallest absolute Gasteiger partial charge is 0.129 e. The molecule has 2 nitrogen and oxygen atoms in total. The minimum absolute atomic E-state index is 0.342. The van der Waals surface area contributed by atoms with Crippen LogP contribution in [0.25, 0.3) is 0 Å². The molecular formula is C14H13BrF2N2. The number of nitrogens with one attached hydrogen (secondary N) is 1. The van der Waals surface area contributed by atoms with Crippen LogP contribution < -0.4 is 11.3 Å². The van der Waals surface area contributed by atoms with E-state index in [0.717, 1.165) is 0 Å². The van der Waals surface area contributed by atoms with Gasteiger partial charge in [0.05, 0.1) is 6.04 Å². The van der Waals surface area contributed by atoms with E-state index in [-0.39, 0.29) is 5.82 Å². The minimum Gasteiger partial charge on any atom is -0.271 e. The first-order valence-corrected chi connectivity index (χ1v) is 6.50. The number of hydrogen-bond acceptors (Lipinski definition) is 2. The maximum absolute atomic E-state index is 13.9. The van der Waals surface area contributed by atoms with Crippen LogP contribution in [0.5, 0.6) is 0 Å². The Balaban J connectivity index is 2.53. The Kier molecular flexibility index (Phi) is 4.29. The third kappa shape index (κ3) is 2.83. The Bertz CT molecular complexity index is 582. The minimum atomic E-state index is -0.620. The van der Waals surface area contributed by atoms with E-state index in [1.165, 1.54) is 12.1 Å². The molecule has 0 bridgehead atoms. The molecule has 0 aromatic heterocycles. The lowest BCUT2D eigenvalue weighted by Crippen LogP contribution is -2.30. The molecule has 0 aliphatic heterocycles. The maximum Gasteiger partial charge on any atom is 0.129 e. The zero-order chi connectivity index (χ0) is 14.0. The highest BCUT2D eigenvalue weighted by Crippen LogP contribution is 2.31. The molecule has 0 amide bonds. The van der Waals surface area contributed by atoms with Crippen molar-refractivity contribution in [2.24, 2.45) is 5.84 Å². The van der Waals surface area contributed by atoms with E-state index in [1.807, 2.05) is 0 Å². The molecular weight excluding hydrogens is 314 g/mol. The lowest BCUT2D eigenvalue weighted by molar-refractivity contribution is 0.552. The van der Waals surface area contributed by atoms with Crippen LogP contribution in [0.15, 0.2) is 40.9 Å². The van der Waals surface area contributed by atoms with Crippen molar-refractivity contribution in [3.05, 3.63) is 69.2 Å². The van der Waals surface area contributed by atoms with Gasteiger partial charge in [-0.05, 0) is 36.2 Å². The van der Waals surface area contributed by atoms with Crippen molar-refractivity contribution in [1.29, 1.82) is 0 Å². The highest BCUT2D eigenvalue weighted by molar-refractivity contribution is 9.10. The molecule has 1 atom stereocenters. The summed E-state index contributed by atoms with van der Waals surface area (Å²) in [5.41, 5.74) is 3.98. The summed E-state index contributed by atoms with van der Waals surface area (Å²) in [6.07, 6.45) is 0. The zero-order valence-corrected chi connectivity index (χ0v) is 11.8. The summed E-state index contributed by atoms with van der Waals surface area (Å²) < 4.78 is 28.1. The molecule has 2 aromatic carbocycles. The van der Waals surface area contributed by atoms with Crippen molar-refractivity contribution < 1.29 is 8.78 Å². The van der Waals surface area contributed by atoms with Crippen molar-refractivity contribution in [1.82, 2.24) is 5.43 Å². The van der Waals surface area contributed by atoms with Gasteiger partial charge in [-0.1, -0.05) is 34.1 Å². The molecule has 2 rings (SSSR count). The van der Waals surface area contributed by atoms with E-state index < -0.39 is 11.9 Å². The summed E-state index contributed by atoms with van der Waals surface area (Å²) >= 11 is 3.29. The molecule has 0 radical (unpaired) electrons. The summed E-state index contributed by atoms with van der Waals surface area (Å²) in [5, 5.41) is 0. The average molecular weight is 327 g/mol. The van der Waals surface area contributed by atoms with Crippen LogP contribution in [-0.4, -0.2) is 0 Å². The second kappa shape index (κ2) is 5.77. The molecule has 0 heterocycles. The second-order valence-electron chi connectivity index (χ2n) is 4.24. The quantitative estimate of drug-likeness (QED) is 0.668. The first kappa shape index (κ1) is 14.1. The van der Waals surface area contributed by atoms with E-state index in [9.17, 15) is 8.78 Å². The largest absolute Gasteiger partial charge is 0.271 e. The Hall–Kier alpha value is -1.30. The van der Waals surface area contributed by atoms with Gasteiger partial charge in [0, 0.05) is 10.0 Å². The average Bonchev–Trinajstić information content (AvgIpc) is 2.37. The van der Waals surface area contributed by atoms with E-state index in [1.54, 1.807) is 31.2 Å². The number of benzene rings is 2. The monoisotopic (exact) mass is 326 g/mol. The number of halogens is 3. The van der Waals surface area contributed by atoms with Gasteiger partial charge in [0.1, 0.15) is 11.6 Å². The second-order valence-corrected chi connectivity index (χ2v) is 5.10. The van der Waals surface area contributed by atoms with Crippen LogP contribution in [-0.2, 0) is 0 Å². The molecule has 19 heavy (non-hydrogen) atoms. The molecule has 5 heteroatoms. The fourth-order valence-corrected chi connectivity index (χ4v) is 2.49. The lowest BCUT2D eigenvalue weighted by atomic mass is 9.97. The van der Waals surface area contributed by atoms with Crippen molar-refractivity contribution in [2.75, 3.05) is 0 Å². The van der Waals surface area contributed by atoms with E-state index in [2.05, 4.69) is 21.4 Å². The number of rotatable bonds is 3. The topological polar surface area (TPSA) is 38.0 Å². The predicted molar refractivity (Wildman–Crippen MR) is 74.4 cm³/mol. The van der Waals surface area contributed by atoms with Crippen LogP contribution in [0.2, 0.25) is 0 Å². The first-order valence-electron chi connectivity index (χ1n) is 5.70. The van der Waals surface area contributed by atoms with Gasteiger partial charge in [0.25, 0.3) is 0 Å². The summed E-state index contributed by atoms with van der Waals surface area (Å²) in [7, 11) is 0. The third-order valence-corrected chi connectivity index (χ3v) is 3.68. The summed E-state index contributed by atoms with van der Waals surface area (Å²) in [6.45, 7) is 1.67. The molecule has 0 saturated carbocycles. The molecule has 2 aromatic rings. The molecule has 3 N–H and O–H groups in total. The maximum atomic E-state index is 13.9. The van der Waals surface area contributed by atoms with Gasteiger partial charge in [-0.25, -0.2) is 14.2 Å². The van der Waals surface area contributed by atoms with Crippen molar-refractivity contribution >= 4 is 15.9 Å². The molecule has 0 saturated heterocycles. The third-order valence-electron chi connectivity index (χ3n) is 2.98. The number of hydrazine groups is 1. The van der Waals surface area contributed by atoms with Gasteiger partial charge in [-0.3, -0.25) is 5.84 Å². The van der Waals surface area contributed by atoms with Crippen molar-refractivity contribution in [3.63, 3.8) is 0 Å². The number of aryl methyl sites for hydroxylation is 1. The van der Waals surface area contributed by atoms with Crippen molar-refractivity contribution in [3.8, 4) is 0 Å². The van der Waals surface area contributed by atoms with Gasteiger partial charge >= 0.3 is 0 Å². The number of hydrogen-bond donors (Lipinski definition) is 2. The fraction of sp³-hybridized carbons (Fsp3) is 0.143. The van der Waals surface area contributed by atoms with E-state index in [4.69, 9.17) is 5.84 Å². The SMILES string of the molecule is Cc1ccc(C(NN)c2c(F)cccc2Br)cc1F. The van der Waals surface area contributed by atoms with Crippen LogP contribution >= 0.6 is 15.9 Å². The summed E-state index contributed by atoms with van der Waals surface area (Å²) in [4.78, 5) is 0. The van der Waals surface area contributed by atoms with Gasteiger partial charge in [0.2, 0.25) is 0 Å². The predicted octanol–water partition coefficient (Wildman–Crippen LogP) is 3.59. The highest BCUT2D eigenvalue weighted by Gasteiger charge is 2.20. The van der Waals surface area contributed by atoms with Gasteiger partial charge in [-0.15, -0.1) is 0 Å². The first-order chi connectivity index (χ1) is 9.04. The molecule has 1 unspecified atom stereocenters. The van der Waals surface area contributed by atoms with Gasteiger partial charge < -0.3 is 0 Å². The molecule has 0 fully saturated rings. The molecule has 100 valence electrons. The number of nitrogens with two attached hydrogens (primary N) is 1. The Labute approximate surface area is 118 Å². The van der Waals surface area contributed by atoms with Crippen LogP contribution in [0, 0.1) is 18.6 Å². The summed E-state index contributed by atoms with van der Waals surface area (Å²) in [6, 6.07) is 8.75. The van der Waals surface area contributed by atoms with Crippen LogP contribution in [0.1, 0.15) is 22.7 Å². The fourth-order valence-electron chi connectivity index (χ4n) is 1.92. The standard InChI is InChI=1S/C14H13BrF2N2/c1-8-5-6-9(7-12(8)17)14(19-18)13-10(15)3-2-4-11(13)16/h2-7,14,19H,18H2,1H3. The normalized spacial score (nSPS) is 12.5. The van der Waals surface area contributed by atoms with E-state index >= 15 is 0 Å². The Morgan fingerprint density at radius 3 is 2.47 bits per heavy atom. The van der Waals surface area contributed by atoms with Crippen molar-refractivity contribution in [2.45, 2.75) is 13.0 Å². The molecule has 0 aliphatic rings. The van der Waals surface area contributed by atoms with Gasteiger partial charge in [-0.2, -0.15) is 0 Å². The molecule has 0 aliphatic carbocycles. The molecule has 0 spiro atoms. The Morgan fingerprint density at radius 2 is 1.89 bits per heavy atom.